The zero-order chi connectivity index (χ0) is 22.0. The number of aromatic nitrogens is 4. The van der Waals surface area contributed by atoms with E-state index in [9.17, 15) is 0 Å². The highest BCUT2D eigenvalue weighted by Crippen LogP contribution is 2.41. The average Bonchev–Trinajstić information content (AvgIpc) is 3.23. The third-order valence-electron chi connectivity index (χ3n) is 4.94. The second kappa shape index (κ2) is 8.51. The van der Waals surface area contributed by atoms with Crippen LogP contribution in [-0.2, 0) is 0 Å². The number of nitrogens with one attached hydrogen (secondary N) is 1. The fourth-order valence-electron chi connectivity index (χ4n) is 3.39. The van der Waals surface area contributed by atoms with Gasteiger partial charge in [-0.1, -0.05) is 30.3 Å². The zero-order valence-corrected chi connectivity index (χ0v) is 18.2. The molecule has 0 aliphatic heterocycles. The Labute approximate surface area is 180 Å². The first-order valence-corrected chi connectivity index (χ1v) is 9.92. The summed E-state index contributed by atoms with van der Waals surface area (Å²) in [5, 5.41) is 3.37. The van der Waals surface area contributed by atoms with Crippen molar-refractivity contribution in [3.63, 3.8) is 0 Å². The minimum Gasteiger partial charge on any atom is -0.493 e. The van der Waals surface area contributed by atoms with Crippen LogP contribution in [0.3, 0.4) is 0 Å². The van der Waals surface area contributed by atoms with Crippen LogP contribution in [0.2, 0.25) is 0 Å². The minimum atomic E-state index is 0.206. The molecule has 8 nitrogen and oxygen atoms in total. The fourth-order valence-corrected chi connectivity index (χ4v) is 3.39. The summed E-state index contributed by atoms with van der Waals surface area (Å²) in [6.45, 7) is 4.19. The molecule has 0 spiro atoms. The molecular weight excluding hydrogens is 394 g/mol. The molecule has 4 rings (SSSR count). The molecule has 0 saturated carbocycles. The first-order valence-electron chi connectivity index (χ1n) is 9.92. The van der Waals surface area contributed by atoms with Gasteiger partial charge in [0.2, 0.25) is 5.75 Å². The van der Waals surface area contributed by atoms with Crippen molar-refractivity contribution in [1.82, 2.24) is 19.5 Å². The molecule has 31 heavy (non-hydrogen) atoms. The predicted octanol–water partition coefficient (Wildman–Crippen LogP) is 4.84. The average molecular weight is 419 g/mol. The molecule has 0 bridgehead atoms. The van der Waals surface area contributed by atoms with Gasteiger partial charge in [0, 0.05) is 29.4 Å². The predicted molar refractivity (Wildman–Crippen MR) is 121 cm³/mol. The maximum absolute atomic E-state index is 5.48. The Morgan fingerprint density at radius 2 is 1.58 bits per heavy atom. The number of ether oxygens (including phenoxy) is 3. The second-order valence-corrected chi connectivity index (χ2v) is 7.22. The maximum Gasteiger partial charge on any atom is 0.203 e. The van der Waals surface area contributed by atoms with Crippen LogP contribution >= 0.6 is 0 Å². The van der Waals surface area contributed by atoms with Gasteiger partial charge in [-0.05, 0) is 13.8 Å². The van der Waals surface area contributed by atoms with E-state index in [1.165, 1.54) is 0 Å². The van der Waals surface area contributed by atoms with E-state index >= 15 is 0 Å². The molecular formula is C23H25N5O3. The number of methoxy groups -OCH3 is 3. The van der Waals surface area contributed by atoms with Crippen LogP contribution in [0.15, 0.2) is 48.8 Å². The van der Waals surface area contributed by atoms with E-state index in [1.807, 2.05) is 47.0 Å². The van der Waals surface area contributed by atoms with Crippen LogP contribution in [-0.4, -0.2) is 40.8 Å². The number of fused-ring (bicyclic) bond motifs is 1. The first kappa shape index (κ1) is 20.5. The lowest BCUT2D eigenvalue weighted by Gasteiger charge is -2.15. The highest BCUT2D eigenvalue weighted by atomic mass is 16.5. The van der Waals surface area contributed by atoms with Crippen molar-refractivity contribution in [3.05, 3.63) is 48.8 Å². The summed E-state index contributed by atoms with van der Waals surface area (Å²) in [4.78, 5) is 14.2. The van der Waals surface area contributed by atoms with Crippen molar-refractivity contribution in [1.29, 1.82) is 0 Å². The Hall–Kier alpha value is -3.81. The Kier molecular flexibility index (Phi) is 5.62. The summed E-state index contributed by atoms with van der Waals surface area (Å²) in [5.74, 6) is 2.83. The Morgan fingerprint density at radius 1 is 0.903 bits per heavy atom. The summed E-state index contributed by atoms with van der Waals surface area (Å²) in [5.41, 5.74) is 3.10. The molecule has 1 N–H and O–H groups in total. The van der Waals surface area contributed by atoms with Gasteiger partial charge in [-0.2, -0.15) is 0 Å². The quantitative estimate of drug-likeness (QED) is 0.459. The van der Waals surface area contributed by atoms with Crippen molar-refractivity contribution in [2.45, 2.75) is 19.9 Å². The first-order chi connectivity index (χ1) is 15.0. The second-order valence-electron chi connectivity index (χ2n) is 7.22. The lowest BCUT2D eigenvalue weighted by molar-refractivity contribution is 0.324. The van der Waals surface area contributed by atoms with E-state index in [2.05, 4.69) is 24.1 Å². The van der Waals surface area contributed by atoms with Crippen LogP contribution in [0.5, 0.6) is 17.2 Å². The van der Waals surface area contributed by atoms with Crippen molar-refractivity contribution in [2.24, 2.45) is 0 Å². The van der Waals surface area contributed by atoms with Crippen molar-refractivity contribution in [2.75, 3.05) is 26.6 Å². The summed E-state index contributed by atoms with van der Waals surface area (Å²) >= 11 is 0. The largest absolute Gasteiger partial charge is 0.493 e. The number of anilines is 2. The highest BCUT2D eigenvalue weighted by Gasteiger charge is 2.18. The van der Waals surface area contributed by atoms with E-state index < -0.39 is 0 Å². The third-order valence-corrected chi connectivity index (χ3v) is 4.94. The van der Waals surface area contributed by atoms with E-state index in [4.69, 9.17) is 24.2 Å². The highest BCUT2D eigenvalue weighted by molar-refractivity contribution is 5.87. The van der Waals surface area contributed by atoms with Crippen molar-refractivity contribution < 1.29 is 14.2 Å². The molecule has 4 aromatic rings. The molecule has 2 aromatic carbocycles. The van der Waals surface area contributed by atoms with Gasteiger partial charge in [-0.15, -0.1) is 0 Å². The van der Waals surface area contributed by atoms with E-state index in [1.54, 1.807) is 27.7 Å². The maximum atomic E-state index is 5.48. The standard InChI is InChI=1S/C23H25N5O3/c1-14(2)28-13-24-19-22(26-21(27-23(19)28)15-9-7-6-8-10-15)25-16-11-17(29-3)20(31-5)18(12-16)30-4/h6-14H,1-5H3,(H,25,26,27). The number of imidazole rings is 1. The van der Waals surface area contributed by atoms with Gasteiger partial charge >= 0.3 is 0 Å². The van der Waals surface area contributed by atoms with Gasteiger partial charge in [0.05, 0.1) is 27.7 Å². The van der Waals surface area contributed by atoms with Gasteiger partial charge < -0.3 is 24.1 Å². The SMILES string of the molecule is COc1cc(Nc2nc(-c3ccccc3)nc3c2ncn3C(C)C)cc(OC)c1OC. The van der Waals surface area contributed by atoms with Gasteiger partial charge in [0.15, 0.2) is 34.3 Å². The number of benzene rings is 2. The zero-order valence-electron chi connectivity index (χ0n) is 18.2. The van der Waals surface area contributed by atoms with Gasteiger partial charge in [0.1, 0.15) is 0 Å². The number of hydrogen-bond acceptors (Lipinski definition) is 7. The molecule has 0 aliphatic carbocycles. The summed E-state index contributed by atoms with van der Waals surface area (Å²) < 4.78 is 18.4. The summed E-state index contributed by atoms with van der Waals surface area (Å²) in [6.07, 6.45) is 1.79. The van der Waals surface area contributed by atoms with Crippen LogP contribution in [0.1, 0.15) is 19.9 Å². The van der Waals surface area contributed by atoms with Crippen LogP contribution in [0, 0.1) is 0 Å². The van der Waals surface area contributed by atoms with Gasteiger partial charge in [-0.3, -0.25) is 0 Å². The Balaban J connectivity index is 1.87. The van der Waals surface area contributed by atoms with Crippen LogP contribution < -0.4 is 19.5 Å². The topological polar surface area (TPSA) is 83.3 Å². The van der Waals surface area contributed by atoms with E-state index in [-0.39, 0.29) is 6.04 Å². The molecule has 0 atom stereocenters. The molecule has 160 valence electrons. The third kappa shape index (κ3) is 3.84. The molecule has 2 heterocycles. The molecule has 2 aromatic heterocycles. The monoisotopic (exact) mass is 419 g/mol. The molecule has 0 radical (unpaired) electrons. The molecule has 0 unspecified atom stereocenters. The van der Waals surface area contributed by atoms with Crippen molar-refractivity contribution in [3.8, 4) is 28.6 Å². The Morgan fingerprint density at radius 3 is 2.16 bits per heavy atom. The fraction of sp³-hybridized carbons (Fsp3) is 0.261. The van der Waals surface area contributed by atoms with Crippen molar-refractivity contribution >= 4 is 22.7 Å². The number of hydrogen-bond donors (Lipinski definition) is 1. The van der Waals surface area contributed by atoms with Crippen LogP contribution in [0.25, 0.3) is 22.6 Å². The molecule has 0 aliphatic rings. The minimum absolute atomic E-state index is 0.206. The molecule has 8 heteroatoms. The summed E-state index contributed by atoms with van der Waals surface area (Å²) in [7, 11) is 4.75. The van der Waals surface area contributed by atoms with Gasteiger partial charge in [0.25, 0.3) is 0 Å². The molecule has 0 saturated heterocycles. The number of rotatable bonds is 7. The summed E-state index contributed by atoms with van der Waals surface area (Å²) in [6, 6.07) is 13.7. The lowest BCUT2D eigenvalue weighted by atomic mass is 10.2. The number of nitrogens with zero attached hydrogens (tertiary/aromatic N) is 4. The molecule has 0 fully saturated rings. The lowest BCUT2D eigenvalue weighted by Crippen LogP contribution is -2.04. The Bertz CT molecular complexity index is 1180. The normalized spacial score (nSPS) is 11.0. The molecule has 0 amide bonds. The smallest absolute Gasteiger partial charge is 0.203 e. The van der Waals surface area contributed by atoms with E-state index in [0.717, 1.165) is 16.9 Å². The van der Waals surface area contributed by atoms with E-state index in [0.29, 0.717) is 34.4 Å². The van der Waals surface area contributed by atoms with Gasteiger partial charge in [-0.25, -0.2) is 15.0 Å². The van der Waals surface area contributed by atoms with Crippen LogP contribution in [0.4, 0.5) is 11.5 Å².